The van der Waals surface area contributed by atoms with Crippen LogP contribution in [0.3, 0.4) is 0 Å². The Morgan fingerprint density at radius 2 is 1.76 bits per heavy atom. The summed E-state index contributed by atoms with van der Waals surface area (Å²) in [5, 5.41) is 4.05. The highest BCUT2D eigenvalue weighted by atomic mass is 79.9. The highest BCUT2D eigenvalue weighted by molar-refractivity contribution is 9.10. The van der Waals surface area contributed by atoms with Crippen LogP contribution in [0.15, 0.2) is 46.9 Å². The molecule has 0 saturated heterocycles. The molecule has 0 fully saturated rings. The zero-order valence-electron chi connectivity index (χ0n) is 12.4. The van der Waals surface area contributed by atoms with E-state index in [1.54, 1.807) is 0 Å². The average molecular weight is 369 g/mol. The third kappa shape index (κ3) is 4.00. The van der Waals surface area contributed by atoms with Crippen LogP contribution in [0.1, 0.15) is 31.0 Å². The molecule has 0 saturated carbocycles. The molecular formula is C17H19BrClNO. The maximum absolute atomic E-state index is 6.41. The molecule has 2 aromatic rings. The molecule has 1 N–H and O–H groups in total. The second-order valence-electron chi connectivity index (χ2n) is 5.10. The fraction of sp³-hybridized carbons (Fsp3) is 0.294. The van der Waals surface area contributed by atoms with E-state index in [1.165, 1.54) is 0 Å². The van der Waals surface area contributed by atoms with Crippen LogP contribution in [0.25, 0.3) is 0 Å². The van der Waals surface area contributed by atoms with Crippen molar-refractivity contribution in [2.75, 3.05) is 7.05 Å². The van der Waals surface area contributed by atoms with E-state index in [2.05, 4.69) is 33.4 Å². The lowest BCUT2D eigenvalue weighted by Gasteiger charge is -2.20. The van der Waals surface area contributed by atoms with Crippen molar-refractivity contribution in [1.29, 1.82) is 0 Å². The number of nitrogens with one attached hydrogen (secondary N) is 1. The quantitative estimate of drug-likeness (QED) is 0.783. The Labute approximate surface area is 139 Å². The molecule has 0 aliphatic carbocycles. The molecule has 0 aromatic heterocycles. The topological polar surface area (TPSA) is 21.3 Å². The first-order valence-corrected chi connectivity index (χ1v) is 8.07. The number of rotatable bonds is 5. The number of hydrogen-bond donors (Lipinski definition) is 1. The summed E-state index contributed by atoms with van der Waals surface area (Å²) >= 11 is 9.88. The minimum atomic E-state index is 0.0445. The smallest absolute Gasteiger partial charge is 0.119 e. The summed E-state index contributed by atoms with van der Waals surface area (Å²) in [6.07, 6.45) is 0.176. The van der Waals surface area contributed by atoms with Gasteiger partial charge in [-0.2, -0.15) is 0 Å². The molecule has 2 aromatic carbocycles. The molecule has 1 unspecified atom stereocenters. The average Bonchev–Trinajstić information content (AvgIpc) is 2.45. The van der Waals surface area contributed by atoms with Gasteiger partial charge in [-0.05, 0) is 66.2 Å². The molecule has 4 heteroatoms. The minimum Gasteiger partial charge on any atom is -0.491 e. The summed E-state index contributed by atoms with van der Waals surface area (Å²) in [5.74, 6) is 0.879. The molecule has 0 aliphatic rings. The van der Waals surface area contributed by atoms with Crippen molar-refractivity contribution < 1.29 is 4.74 Å². The van der Waals surface area contributed by atoms with E-state index >= 15 is 0 Å². The molecule has 0 spiro atoms. The van der Waals surface area contributed by atoms with E-state index in [4.69, 9.17) is 16.3 Å². The van der Waals surface area contributed by atoms with E-state index in [0.717, 1.165) is 26.4 Å². The standard InChI is InChI=1S/C17H19BrClNO/c1-11(2)21-13-9-7-12(8-10-13)17(20-3)14-5-4-6-15(18)16(14)19/h4-11,17,20H,1-3H3. The van der Waals surface area contributed by atoms with Gasteiger partial charge in [-0.15, -0.1) is 0 Å². The lowest BCUT2D eigenvalue weighted by molar-refractivity contribution is 0.242. The molecule has 1 atom stereocenters. The highest BCUT2D eigenvalue weighted by Gasteiger charge is 2.16. The van der Waals surface area contributed by atoms with Gasteiger partial charge in [0.2, 0.25) is 0 Å². The van der Waals surface area contributed by atoms with Gasteiger partial charge in [0.15, 0.2) is 0 Å². The molecule has 2 rings (SSSR count). The molecule has 0 bridgehead atoms. The van der Waals surface area contributed by atoms with Gasteiger partial charge in [0, 0.05) is 4.47 Å². The summed E-state index contributed by atoms with van der Waals surface area (Å²) in [4.78, 5) is 0. The summed E-state index contributed by atoms with van der Waals surface area (Å²) in [5.41, 5.74) is 2.19. The van der Waals surface area contributed by atoms with Gasteiger partial charge in [0.1, 0.15) is 5.75 Å². The highest BCUT2D eigenvalue weighted by Crippen LogP contribution is 2.33. The van der Waals surface area contributed by atoms with Crippen LogP contribution in [0, 0.1) is 0 Å². The maximum Gasteiger partial charge on any atom is 0.119 e. The van der Waals surface area contributed by atoms with Crippen LogP contribution in [-0.4, -0.2) is 13.2 Å². The van der Waals surface area contributed by atoms with Gasteiger partial charge in [-0.1, -0.05) is 35.9 Å². The fourth-order valence-corrected chi connectivity index (χ4v) is 2.87. The molecule has 0 radical (unpaired) electrons. The molecule has 2 nitrogen and oxygen atoms in total. The van der Waals surface area contributed by atoms with Gasteiger partial charge in [-0.25, -0.2) is 0 Å². The molecule has 0 aliphatic heterocycles. The summed E-state index contributed by atoms with van der Waals surface area (Å²) in [7, 11) is 1.93. The molecular weight excluding hydrogens is 350 g/mol. The second kappa shape index (κ2) is 7.30. The predicted octanol–water partition coefficient (Wildman–Crippen LogP) is 5.20. The largest absolute Gasteiger partial charge is 0.491 e. The van der Waals surface area contributed by atoms with Crippen LogP contribution < -0.4 is 10.1 Å². The van der Waals surface area contributed by atoms with E-state index in [9.17, 15) is 0 Å². The molecule has 0 heterocycles. The first kappa shape index (κ1) is 16.3. The molecule has 0 amide bonds. The zero-order valence-corrected chi connectivity index (χ0v) is 14.7. The summed E-state index contributed by atoms with van der Waals surface area (Å²) < 4.78 is 6.58. The Morgan fingerprint density at radius 1 is 1.10 bits per heavy atom. The lowest BCUT2D eigenvalue weighted by atomic mass is 9.99. The van der Waals surface area contributed by atoms with Crippen molar-refractivity contribution in [2.45, 2.75) is 26.0 Å². The summed E-state index contributed by atoms with van der Waals surface area (Å²) in [6, 6.07) is 14.1. The van der Waals surface area contributed by atoms with Gasteiger partial charge in [-0.3, -0.25) is 0 Å². The normalized spacial score (nSPS) is 12.5. The van der Waals surface area contributed by atoms with Crippen LogP contribution in [0.2, 0.25) is 5.02 Å². The van der Waals surface area contributed by atoms with Crippen molar-refractivity contribution in [3.8, 4) is 5.75 Å². The molecule has 112 valence electrons. The Hall–Kier alpha value is -1.03. The number of benzene rings is 2. The van der Waals surface area contributed by atoms with E-state index in [-0.39, 0.29) is 12.1 Å². The Balaban J connectivity index is 2.31. The zero-order chi connectivity index (χ0) is 15.4. The number of hydrogen-bond acceptors (Lipinski definition) is 2. The van der Waals surface area contributed by atoms with E-state index in [0.29, 0.717) is 0 Å². The van der Waals surface area contributed by atoms with Crippen molar-refractivity contribution in [2.24, 2.45) is 0 Å². The van der Waals surface area contributed by atoms with E-state index < -0.39 is 0 Å². The summed E-state index contributed by atoms with van der Waals surface area (Å²) in [6.45, 7) is 4.04. The first-order chi connectivity index (χ1) is 10.0. The number of ether oxygens (including phenoxy) is 1. The second-order valence-corrected chi connectivity index (χ2v) is 6.33. The third-order valence-electron chi connectivity index (χ3n) is 3.17. The third-order valence-corrected chi connectivity index (χ3v) is 4.48. The Bertz CT molecular complexity index is 598. The van der Waals surface area contributed by atoms with Crippen molar-refractivity contribution >= 4 is 27.5 Å². The van der Waals surface area contributed by atoms with Gasteiger partial charge in [0.25, 0.3) is 0 Å². The fourth-order valence-electron chi connectivity index (χ4n) is 2.26. The lowest BCUT2D eigenvalue weighted by Crippen LogP contribution is -2.18. The first-order valence-electron chi connectivity index (χ1n) is 6.90. The van der Waals surface area contributed by atoms with Crippen molar-refractivity contribution in [3.63, 3.8) is 0 Å². The van der Waals surface area contributed by atoms with Gasteiger partial charge >= 0.3 is 0 Å². The van der Waals surface area contributed by atoms with Crippen LogP contribution in [0.5, 0.6) is 5.75 Å². The van der Waals surface area contributed by atoms with Crippen LogP contribution >= 0.6 is 27.5 Å². The van der Waals surface area contributed by atoms with Crippen LogP contribution in [-0.2, 0) is 0 Å². The van der Waals surface area contributed by atoms with Gasteiger partial charge < -0.3 is 10.1 Å². The Morgan fingerprint density at radius 3 is 2.33 bits per heavy atom. The van der Waals surface area contributed by atoms with E-state index in [1.807, 2.05) is 51.2 Å². The van der Waals surface area contributed by atoms with Crippen LogP contribution in [0.4, 0.5) is 0 Å². The van der Waals surface area contributed by atoms with Crippen molar-refractivity contribution in [1.82, 2.24) is 5.32 Å². The SMILES string of the molecule is CNC(c1ccc(OC(C)C)cc1)c1cccc(Br)c1Cl. The van der Waals surface area contributed by atoms with Gasteiger partial charge in [0.05, 0.1) is 17.2 Å². The van der Waals surface area contributed by atoms with Crippen molar-refractivity contribution in [3.05, 3.63) is 63.1 Å². The monoisotopic (exact) mass is 367 g/mol. The Kier molecular flexibility index (Phi) is 5.68. The maximum atomic E-state index is 6.41. The minimum absolute atomic E-state index is 0.0445. The predicted molar refractivity (Wildman–Crippen MR) is 92.3 cm³/mol. The molecule has 21 heavy (non-hydrogen) atoms. The number of halogens is 2.